The predicted molar refractivity (Wildman–Crippen MR) is 66.9 cm³/mol. The second kappa shape index (κ2) is 7.16. The molecule has 0 rings (SSSR count). The SMILES string of the molecule is C=C(C(=O)OC(C)(C)C)C(O)CCCC(=O)OC. The molecule has 0 aromatic rings. The molecular formula is C13H22O5. The van der Waals surface area contributed by atoms with Gasteiger partial charge in [-0.2, -0.15) is 0 Å². The smallest absolute Gasteiger partial charge is 0.336 e. The molecule has 0 aliphatic heterocycles. The van der Waals surface area contributed by atoms with Crippen LogP contribution >= 0.6 is 0 Å². The molecular weight excluding hydrogens is 236 g/mol. The van der Waals surface area contributed by atoms with Gasteiger partial charge in [0.25, 0.3) is 0 Å². The highest BCUT2D eigenvalue weighted by Gasteiger charge is 2.23. The van der Waals surface area contributed by atoms with Crippen molar-refractivity contribution in [1.82, 2.24) is 0 Å². The third kappa shape index (κ3) is 7.06. The van der Waals surface area contributed by atoms with E-state index < -0.39 is 17.7 Å². The maximum absolute atomic E-state index is 11.6. The van der Waals surface area contributed by atoms with E-state index in [9.17, 15) is 14.7 Å². The van der Waals surface area contributed by atoms with Crippen LogP contribution in [0.3, 0.4) is 0 Å². The Balaban J connectivity index is 4.10. The number of hydrogen-bond donors (Lipinski definition) is 1. The second-order valence-electron chi connectivity index (χ2n) is 5.01. The Morgan fingerprint density at radius 2 is 1.89 bits per heavy atom. The van der Waals surface area contributed by atoms with Gasteiger partial charge in [-0.25, -0.2) is 4.79 Å². The highest BCUT2D eigenvalue weighted by atomic mass is 16.6. The minimum atomic E-state index is -0.996. The zero-order valence-electron chi connectivity index (χ0n) is 11.5. The zero-order chi connectivity index (χ0) is 14.3. The minimum Gasteiger partial charge on any atom is -0.469 e. The van der Waals surface area contributed by atoms with Gasteiger partial charge in [0, 0.05) is 6.42 Å². The van der Waals surface area contributed by atoms with Gasteiger partial charge >= 0.3 is 11.9 Å². The summed E-state index contributed by atoms with van der Waals surface area (Å²) in [6, 6.07) is 0. The first-order valence-corrected chi connectivity index (χ1v) is 5.84. The van der Waals surface area contributed by atoms with E-state index in [1.807, 2.05) is 0 Å². The van der Waals surface area contributed by atoms with E-state index in [4.69, 9.17) is 4.74 Å². The molecule has 1 atom stereocenters. The van der Waals surface area contributed by atoms with Crippen LogP contribution in [0.25, 0.3) is 0 Å². The van der Waals surface area contributed by atoms with E-state index in [0.29, 0.717) is 6.42 Å². The molecule has 104 valence electrons. The molecule has 0 spiro atoms. The quantitative estimate of drug-likeness (QED) is 0.578. The fourth-order valence-electron chi connectivity index (χ4n) is 1.20. The van der Waals surface area contributed by atoms with Gasteiger partial charge in [-0.15, -0.1) is 0 Å². The monoisotopic (exact) mass is 258 g/mol. The molecule has 0 saturated heterocycles. The molecule has 0 amide bonds. The van der Waals surface area contributed by atoms with Gasteiger partial charge in [0.05, 0.1) is 18.8 Å². The molecule has 0 radical (unpaired) electrons. The molecule has 18 heavy (non-hydrogen) atoms. The lowest BCUT2D eigenvalue weighted by Crippen LogP contribution is -2.28. The number of esters is 2. The molecule has 0 aromatic heterocycles. The van der Waals surface area contributed by atoms with Crippen LogP contribution in [0.4, 0.5) is 0 Å². The summed E-state index contributed by atoms with van der Waals surface area (Å²) in [7, 11) is 1.30. The summed E-state index contributed by atoms with van der Waals surface area (Å²) in [4.78, 5) is 22.4. The lowest BCUT2D eigenvalue weighted by molar-refractivity contribution is -0.151. The van der Waals surface area contributed by atoms with Gasteiger partial charge in [0.1, 0.15) is 5.60 Å². The van der Waals surface area contributed by atoms with Crippen LogP contribution in [-0.2, 0) is 19.1 Å². The molecule has 1 N–H and O–H groups in total. The maximum atomic E-state index is 11.6. The van der Waals surface area contributed by atoms with Crippen molar-refractivity contribution in [2.75, 3.05) is 7.11 Å². The lowest BCUT2D eigenvalue weighted by atomic mass is 10.1. The fourth-order valence-corrected chi connectivity index (χ4v) is 1.20. The van der Waals surface area contributed by atoms with Crippen molar-refractivity contribution < 1.29 is 24.2 Å². The van der Waals surface area contributed by atoms with E-state index >= 15 is 0 Å². The molecule has 0 saturated carbocycles. The Hall–Kier alpha value is -1.36. The average molecular weight is 258 g/mol. The molecule has 5 heteroatoms. The molecule has 1 unspecified atom stereocenters. The maximum Gasteiger partial charge on any atom is 0.336 e. The molecule has 5 nitrogen and oxygen atoms in total. The number of methoxy groups -OCH3 is 1. The summed E-state index contributed by atoms with van der Waals surface area (Å²) >= 11 is 0. The number of carbonyl (C=O) groups is 2. The predicted octanol–water partition coefficient (Wildman–Crippen LogP) is 1.59. The van der Waals surface area contributed by atoms with Gasteiger partial charge in [-0.05, 0) is 33.6 Å². The molecule has 0 aliphatic carbocycles. The van der Waals surface area contributed by atoms with Crippen molar-refractivity contribution in [3.8, 4) is 0 Å². The van der Waals surface area contributed by atoms with Crippen molar-refractivity contribution in [2.24, 2.45) is 0 Å². The topological polar surface area (TPSA) is 72.8 Å². The number of ether oxygens (including phenoxy) is 2. The highest BCUT2D eigenvalue weighted by Crippen LogP contribution is 2.15. The van der Waals surface area contributed by atoms with Gasteiger partial charge in [0.2, 0.25) is 0 Å². The van der Waals surface area contributed by atoms with E-state index in [2.05, 4.69) is 11.3 Å². The van der Waals surface area contributed by atoms with E-state index in [1.54, 1.807) is 20.8 Å². The van der Waals surface area contributed by atoms with Crippen molar-refractivity contribution in [3.05, 3.63) is 12.2 Å². The number of carbonyl (C=O) groups excluding carboxylic acids is 2. The molecule has 0 heterocycles. The summed E-state index contributed by atoms with van der Waals surface area (Å²) in [6.07, 6.45) is -0.0950. The first kappa shape index (κ1) is 16.6. The Labute approximate surface area is 108 Å². The first-order chi connectivity index (χ1) is 8.17. The number of rotatable bonds is 6. The van der Waals surface area contributed by atoms with Gasteiger partial charge in [-0.3, -0.25) is 4.79 Å². The Morgan fingerprint density at radius 3 is 2.33 bits per heavy atom. The van der Waals surface area contributed by atoms with Gasteiger partial charge in [-0.1, -0.05) is 6.58 Å². The summed E-state index contributed by atoms with van der Waals surface area (Å²) in [5.74, 6) is -0.960. The van der Waals surface area contributed by atoms with Crippen molar-refractivity contribution in [3.63, 3.8) is 0 Å². The van der Waals surface area contributed by atoms with Crippen LogP contribution in [0.15, 0.2) is 12.2 Å². The van der Waals surface area contributed by atoms with Crippen LogP contribution < -0.4 is 0 Å². The van der Waals surface area contributed by atoms with E-state index in [0.717, 1.165) is 0 Å². The van der Waals surface area contributed by atoms with Crippen LogP contribution in [0, 0.1) is 0 Å². The minimum absolute atomic E-state index is 0.00907. The van der Waals surface area contributed by atoms with Crippen LogP contribution in [0.5, 0.6) is 0 Å². The number of hydrogen-bond acceptors (Lipinski definition) is 5. The Morgan fingerprint density at radius 1 is 1.33 bits per heavy atom. The Kier molecular flexibility index (Phi) is 6.62. The number of aliphatic hydroxyl groups excluding tert-OH is 1. The molecule has 0 aromatic carbocycles. The molecule has 0 bridgehead atoms. The standard InChI is InChI=1S/C13H22O5/c1-9(12(16)18-13(2,3)4)10(14)7-6-8-11(15)17-5/h10,14H,1,6-8H2,2-5H3. The summed E-state index contributed by atoms with van der Waals surface area (Å²) in [6.45, 7) is 8.73. The normalized spacial score (nSPS) is 12.7. The van der Waals surface area contributed by atoms with Crippen LogP contribution in [-0.4, -0.2) is 35.9 Å². The van der Waals surface area contributed by atoms with Crippen LogP contribution in [0.1, 0.15) is 40.0 Å². The van der Waals surface area contributed by atoms with Gasteiger partial charge in [0.15, 0.2) is 0 Å². The highest BCUT2D eigenvalue weighted by molar-refractivity contribution is 5.89. The fraction of sp³-hybridized carbons (Fsp3) is 0.692. The van der Waals surface area contributed by atoms with Gasteiger partial charge < -0.3 is 14.6 Å². The largest absolute Gasteiger partial charge is 0.469 e. The zero-order valence-corrected chi connectivity index (χ0v) is 11.5. The van der Waals surface area contributed by atoms with E-state index in [1.165, 1.54) is 7.11 Å². The van der Waals surface area contributed by atoms with Crippen molar-refractivity contribution in [1.29, 1.82) is 0 Å². The molecule has 0 aliphatic rings. The summed E-state index contributed by atoms with van der Waals surface area (Å²) in [5.41, 5.74) is -0.610. The van der Waals surface area contributed by atoms with Crippen molar-refractivity contribution in [2.45, 2.75) is 51.7 Å². The second-order valence-corrected chi connectivity index (χ2v) is 5.01. The Bertz CT molecular complexity index is 314. The summed E-state index contributed by atoms with van der Waals surface area (Å²) in [5, 5.41) is 9.72. The number of aliphatic hydroxyl groups is 1. The third-order valence-corrected chi connectivity index (χ3v) is 2.15. The lowest BCUT2D eigenvalue weighted by Gasteiger charge is -2.21. The first-order valence-electron chi connectivity index (χ1n) is 5.84. The third-order valence-electron chi connectivity index (χ3n) is 2.15. The summed E-state index contributed by atoms with van der Waals surface area (Å²) < 4.78 is 9.55. The average Bonchev–Trinajstić information content (AvgIpc) is 2.25. The van der Waals surface area contributed by atoms with Crippen LogP contribution in [0.2, 0.25) is 0 Å². The van der Waals surface area contributed by atoms with E-state index in [-0.39, 0.29) is 24.4 Å². The van der Waals surface area contributed by atoms with Crippen molar-refractivity contribution >= 4 is 11.9 Å². The molecule has 0 fully saturated rings.